The molecule has 0 N–H and O–H groups in total. The van der Waals surface area contributed by atoms with E-state index in [0.29, 0.717) is 29.4 Å². The molecule has 1 aliphatic heterocycles. The summed E-state index contributed by atoms with van der Waals surface area (Å²) in [5.74, 6) is -0.00385. The molecule has 0 saturated carbocycles. The van der Waals surface area contributed by atoms with E-state index in [1.165, 1.54) is 16.1 Å². The molecule has 3 aromatic carbocycles. The number of piperazine rings is 1. The van der Waals surface area contributed by atoms with Gasteiger partial charge in [-0.05, 0) is 41.5 Å². The Morgan fingerprint density at radius 3 is 2.28 bits per heavy atom. The largest absolute Gasteiger partial charge is 0.336 e. The van der Waals surface area contributed by atoms with Crippen LogP contribution < -0.4 is 4.31 Å². The van der Waals surface area contributed by atoms with Crippen molar-refractivity contribution in [3.63, 3.8) is 0 Å². The number of hydrogen-bond acceptors (Lipinski definition) is 4. The highest BCUT2D eigenvalue weighted by Gasteiger charge is 2.22. The molecule has 188 valence electrons. The lowest BCUT2D eigenvalue weighted by Gasteiger charge is -2.34. The summed E-state index contributed by atoms with van der Waals surface area (Å²) in [5, 5.41) is 0.467. The van der Waals surface area contributed by atoms with E-state index in [1.54, 1.807) is 48.5 Å². The summed E-state index contributed by atoms with van der Waals surface area (Å²) in [6.45, 7) is 4.02. The predicted molar refractivity (Wildman–Crippen MR) is 147 cm³/mol. The van der Waals surface area contributed by atoms with Gasteiger partial charge in [0.05, 0.1) is 18.5 Å². The van der Waals surface area contributed by atoms with Crippen LogP contribution in [0.2, 0.25) is 5.02 Å². The van der Waals surface area contributed by atoms with E-state index in [-0.39, 0.29) is 12.5 Å². The lowest BCUT2D eigenvalue weighted by atomic mass is 10.1. The van der Waals surface area contributed by atoms with Gasteiger partial charge in [-0.25, -0.2) is 8.42 Å². The number of nitrogens with zero attached hydrogens (tertiary/aromatic N) is 3. The van der Waals surface area contributed by atoms with Crippen molar-refractivity contribution in [1.82, 2.24) is 9.80 Å². The summed E-state index contributed by atoms with van der Waals surface area (Å²) < 4.78 is 26.1. The van der Waals surface area contributed by atoms with E-state index in [0.717, 1.165) is 25.2 Å². The van der Waals surface area contributed by atoms with E-state index in [9.17, 15) is 13.2 Å². The minimum atomic E-state index is -3.51. The number of carbonyl (C=O) groups is 1. The van der Waals surface area contributed by atoms with Crippen molar-refractivity contribution < 1.29 is 13.2 Å². The topological polar surface area (TPSA) is 60.9 Å². The molecular weight excluding hydrogens is 494 g/mol. The molecule has 6 nitrogen and oxygen atoms in total. The molecule has 36 heavy (non-hydrogen) atoms. The first-order chi connectivity index (χ1) is 17.3. The van der Waals surface area contributed by atoms with E-state index in [2.05, 4.69) is 29.2 Å². The van der Waals surface area contributed by atoms with Crippen LogP contribution in [0.3, 0.4) is 0 Å². The first-order valence-electron chi connectivity index (χ1n) is 11.8. The van der Waals surface area contributed by atoms with Gasteiger partial charge in [0.15, 0.2) is 0 Å². The molecule has 1 amide bonds. The minimum Gasteiger partial charge on any atom is -0.336 e. The van der Waals surface area contributed by atoms with Crippen LogP contribution in [0, 0.1) is 0 Å². The molecule has 0 unspecified atom stereocenters. The molecule has 8 heteroatoms. The first-order valence-corrected chi connectivity index (χ1v) is 14.1. The van der Waals surface area contributed by atoms with Gasteiger partial charge < -0.3 is 4.90 Å². The van der Waals surface area contributed by atoms with Crippen LogP contribution in [0.25, 0.3) is 6.08 Å². The van der Waals surface area contributed by atoms with Crippen LogP contribution in [0.15, 0.2) is 84.9 Å². The van der Waals surface area contributed by atoms with E-state index >= 15 is 0 Å². The average molecular weight is 524 g/mol. The van der Waals surface area contributed by atoms with Crippen LogP contribution in [-0.4, -0.2) is 63.1 Å². The number of amides is 1. The molecule has 0 atom stereocenters. The molecule has 1 heterocycles. The van der Waals surface area contributed by atoms with Gasteiger partial charge in [0.1, 0.15) is 0 Å². The number of anilines is 1. The molecule has 0 spiro atoms. The lowest BCUT2D eigenvalue weighted by Crippen LogP contribution is -2.48. The number of hydrogen-bond donors (Lipinski definition) is 0. The lowest BCUT2D eigenvalue weighted by molar-refractivity contribution is 0.0650. The monoisotopic (exact) mass is 523 g/mol. The molecule has 0 radical (unpaired) electrons. The highest BCUT2D eigenvalue weighted by molar-refractivity contribution is 7.92. The van der Waals surface area contributed by atoms with Crippen molar-refractivity contribution in [2.45, 2.75) is 6.54 Å². The van der Waals surface area contributed by atoms with Gasteiger partial charge in [-0.3, -0.25) is 14.0 Å². The molecule has 4 rings (SSSR count). The summed E-state index contributed by atoms with van der Waals surface area (Å²) >= 11 is 6.06. The second-order valence-corrected chi connectivity index (χ2v) is 11.2. The molecule has 1 fully saturated rings. The fourth-order valence-electron chi connectivity index (χ4n) is 4.17. The number of carbonyl (C=O) groups excluding carboxylic acids is 1. The fraction of sp³-hybridized carbons (Fsp3) is 0.250. The highest BCUT2D eigenvalue weighted by Crippen LogP contribution is 2.24. The molecule has 0 aromatic heterocycles. The second-order valence-electron chi connectivity index (χ2n) is 8.85. The van der Waals surface area contributed by atoms with Gasteiger partial charge in [-0.15, -0.1) is 0 Å². The molecular formula is C28H30ClN3O3S. The molecule has 0 aliphatic carbocycles. The smallest absolute Gasteiger partial charge is 0.253 e. The van der Waals surface area contributed by atoms with Crippen molar-refractivity contribution in [1.29, 1.82) is 0 Å². The van der Waals surface area contributed by atoms with Gasteiger partial charge in [0.2, 0.25) is 10.0 Å². The van der Waals surface area contributed by atoms with Gasteiger partial charge in [0.25, 0.3) is 5.91 Å². The number of rotatable bonds is 8. The molecule has 3 aromatic rings. The quantitative estimate of drug-likeness (QED) is 0.426. The highest BCUT2D eigenvalue weighted by atomic mass is 35.5. The number of benzene rings is 3. The van der Waals surface area contributed by atoms with Gasteiger partial charge >= 0.3 is 0 Å². The molecule has 0 bridgehead atoms. The summed E-state index contributed by atoms with van der Waals surface area (Å²) in [6.07, 6.45) is 5.45. The average Bonchev–Trinajstić information content (AvgIpc) is 2.87. The number of sulfonamides is 1. The Hall–Kier alpha value is -3.13. The van der Waals surface area contributed by atoms with Crippen LogP contribution in [0.1, 0.15) is 21.5 Å². The van der Waals surface area contributed by atoms with E-state index in [4.69, 9.17) is 11.6 Å². The third-order valence-electron chi connectivity index (χ3n) is 6.16. The maximum atomic E-state index is 13.0. The van der Waals surface area contributed by atoms with Crippen molar-refractivity contribution in [3.05, 3.63) is 107 Å². The zero-order valence-electron chi connectivity index (χ0n) is 20.3. The Kier molecular flexibility index (Phi) is 8.46. The van der Waals surface area contributed by atoms with Crippen LogP contribution in [-0.2, 0) is 16.6 Å². The SMILES string of the molecule is CS(=O)(=O)N(Cc1ccc(C(=O)N2CCN(C/C=C/c3ccccc3)CC2)cc1)c1cccc(Cl)c1. The maximum absolute atomic E-state index is 13.0. The van der Waals surface area contributed by atoms with Crippen LogP contribution >= 0.6 is 11.6 Å². The number of halogens is 1. The summed E-state index contributed by atoms with van der Waals surface area (Å²) in [5.41, 5.74) is 3.07. The Morgan fingerprint density at radius 1 is 0.944 bits per heavy atom. The van der Waals surface area contributed by atoms with Gasteiger partial charge in [-0.2, -0.15) is 0 Å². The third kappa shape index (κ3) is 6.97. The summed E-state index contributed by atoms with van der Waals surface area (Å²) in [4.78, 5) is 17.2. The zero-order valence-corrected chi connectivity index (χ0v) is 21.8. The molecule has 1 saturated heterocycles. The third-order valence-corrected chi connectivity index (χ3v) is 7.53. The van der Waals surface area contributed by atoms with E-state index in [1.807, 2.05) is 23.1 Å². The minimum absolute atomic E-state index is 0.00385. The summed E-state index contributed by atoms with van der Waals surface area (Å²) in [7, 11) is -3.51. The Bertz CT molecular complexity index is 1300. The predicted octanol–water partition coefficient (Wildman–Crippen LogP) is 4.78. The van der Waals surface area contributed by atoms with Crippen LogP contribution in [0.5, 0.6) is 0 Å². The molecule has 1 aliphatic rings. The van der Waals surface area contributed by atoms with Gasteiger partial charge in [-0.1, -0.05) is 72.3 Å². The summed E-state index contributed by atoms with van der Waals surface area (Å²) in [6, 6.07) is 24.1. The Morgan fingerprint density at radius 2 is 1.64 bits per heavy atom. The standard InChI is InChI=1S/C28H30ClN3O3S/c1-36(34,35)32(27-11-5-10-26(29)21-27)22-24-12-14-25(15-13-24)28(33)31-19-17-30(18-20-31)16-6-9-23-7-3-2-4-8-23/h2-15,21H,16-20,22H2,1H3/b9-6+. The van der Waals surface area contributed by atoms with E-state index < -0.39 is 10.0 Å². The zero-order chi connectivity index (χ0) is 25.5. The second kappa shape index (κ2) is 11.7. The van der Waals surface area contributed by atoms with Gasteiger partial charge in [0, 0.05) is 43.3 Å². The normalized spacial score (nSPS) is 14.8. The van der Waals surface area contributed by atoms with Crippen molar-refractivity contribution in [2.75, 3.05) is 43.3 Å². The first kappa shape index (κ1) is 25.9. The van der Waals surface area contributed by atoms with Crippen LogP contribution in [0.4, 0.5) is 5.69 Å². The fourth-order valence-corrected chi connectivity index (χ4v) is 5.23. The Labute approximate surface area is 218 Å². The van der Waals surface area contributed by atoms with Crippen molar-refractivity contribution in [2.24, 2.45) is 0 Å². The van der Waals surface area contributed by atoms with Crippen molar-refractivity contribution in [3.8, 4) is 0 Å². The maximum Gasteiger partial charge on any atom is 0.253 e. The Balaban J connectivity index is 1.33. The van der Waals surface area contributed by atoms with Crippen molar-refractivity contribution >= 4 is 39.3 Å².